The minimum atomic E-state index is -0.569. The summed E-state index contributed by atoms with van der Waals surface area (Å²) < 4.78 is 0. The van der Waals surface area contributed by atoms with Gasteiger partial charge in [-0.2, -0.15) is 0 Å². The molecule has 0 aliphatic heterocycles. The summed E-state index contributed by atoms with van der Waals surface area (Å²) in [6, 6.07) is 14.0. The lowest BCUT2D eigenvalue weighted by Gasteiger charge is -2.21. The maximum atomic E-state index is 12.6. The second-order valence-electron chi connectivity index (χ2n) is 4.51. The Labute approximate surface area is 120 Å². The van der Waals surface area contributed by atoms with E-state index < -0.39 is 9.99 Å². The van der Waals surface area contributed by atoms with Gasteiger partial charge in [0.25, 0.3) is 0 Å². The Morgan fingerprint density at radius 1 is 1.00 bits per heavy atom. The van der Waals surface area contributed by atoms with Crippen LogP contribution in [0.1, 0.15) is 0 Å². The largest absolute Gasteiger partial charge is 0.623 e. The van der Waals surface area contributed by atoms with Crippen molar-refractivity contribution in [2.24, 2.45) is 0 Å². The van der Waals surface area contributed by atoms with Crippen LogP contribution in [0, 0.1) is 15.3 Å². The lowest BCUT2D eigenvalue weighted by atomic mass is 10.1. The van der Waals surface area contributed by atoms with Gasteiger partial charge in [-0.3, -0.25) is 20.2 Å². The Morgan fingerprint density at radius 3 is 2.57 bits per heavy atom. The number of quaternary nitrogens is 1. The van der Waals surface area contributed by atoms with Crippen molar-refractivity contribution in [1.82, 2.24) is 4.98 Å². The van der Waals surface area contributed by atoms with Crippen molar-refractivity contribution in [2.45, 2.75) is 0 Å². The molecule has 0 bridgehead atoms. The van der Waals surface area contributed by atoms with Crippen molar-refractivity contribution >= 4 is 27.8 Å². The first-order chi connectivity index (χ1) is 10.2. The predicted octanol–water partition coefficient (Wildman–Crippen LogP) is 2.49. The summed E-state index contributed by atoms with van der Waals surface area (Å²) in [4.78, 5) is 14.3. The van der Waals surface area contributed by atoms with E-state index in [1.54, 1.807) is 12.1 Å². The molecule has 1 atom stereocenters. The van der Waals surface area contributed by atoms with Gasteiger partial charge in [-0.05, 0) is 11.5 Å². The first kappa shape index (κ1) is 13.2. The SMILES string of the molecule is O=[N+]([O-])c1ccncc1[NH+]([O-])c1cccc2ccccc12. The van der Waals surface area contributed by atoms with Gasteiger partial charge in [0.2, 0.25) is 5.69 Å². The summed E-state index contributed by atoms with van der Waals surface area (Å²) >= 11 is 0. The molecule has 0 amide bonds. The van der Waals surface area contributed by atoms with Crippen LogP contribution in [-0.2, 0) is 0 Å². The molecule has 2 aromatic carbocycles. The van der Waals surface area contributed by atoms with E-state index in [4.69, 9.17) is 0 Å². The normalized spacial score (nSPS) is 12.2. The molecular weight excluding hydrogens is 270 g/mol. The fourth-order valence-electron chi connectivity index (χ4n) is 2.29. The molecule has 104 valence electrons. The number of pyridine rings is 1. The van der Waals surface area contributed by atoms with Crippen LogP contribution in [0.2, 0.25) is 0 Å². The third-order valence-corrected chi connectivity index (χ3v) is 3.27. The van der Waals surface area contributed by atoms with Crippen molar-refractivity contribution < 1.29 is 9.99 Å². The van der Waals surface area contributed by atoms with Crippen LogP contribution in [0.25, 0.3) is 10.8 Å². The number of nitro groups is 1. The fourth-order valence-corrected chi connectivity index (χ4v) is 2.29. The van der Waals surface area contributed by atoms with Crippen molar-refractivity contribution in [3.8, 4) is 0 Å². The lowest BCUT2D eigenvalue weighted by molar-refractivity contribution is -0.699. The standard InChI is InChI=1S/C15H11N3O3/c19-17(15-10-16-9-8-14(15)18(20)21)13-7-3-5-11-4-1-2-6-12(11)13/h1-10,17H. The van der Waals surface area contributed by atoms with E-state index in [9.17, 15) is 15.3 Å². The molecule has 1 heterocycles. The van der Waals surface area contributed by atoms with Crippen LogP contribution in [0.15, 0.2) is 60.9 Å². The average Bonchev–Trinajstić information content (AvgIpc) is 2.53. The van der Waals surface area contributed by atoms with Gasteiger partial charge in [-0.25, -0.2) is 0 Å². The van der Waals surface area contributed by atoms with E-state index in [1.165, 1.54) is 18.5 Å². The predicted molar refractivity (Wildman–Crippen MR) is 78.5 cm³/mol. The smallest absolute Gasteiger partial charge is 0.333 e. The zero-order valence-electron chi connectivity index (χ0n) is 10.9. The Kier molecular flexibility index (Phi) is 3.31. The summed E-state index contributed by atoms with van der Waals surface area (Å²) in [7, 11) is 0. The number of fused-ring (bicyclic) bond motifs is 1. The molecule has 0 saturated carbocycles. The maximum Gasteiger partial charge on any atom is 0.333 e. The third kappa shape index (κ3) is 2.33. The third-order valence-electron chi connectivity index (χ3n) is 3.27. The highest BCUT2D eigenvalue weighted by Gasteiger charge is 2.22. The van der Waals surface area contributed by atoms with E-state index in [2.05, 4.69) is 4.98 Å². The minimum Gasteiger partial charge on any atom is -0.623 e. The topological polar surface area (TPSA) is 83.5 Å². The summed E-state index contributed by atoms with van der Waals surface area (Å²) in [5.74, 6) is 0. The number of rotatable bonds is 3. The van der Waals surface area contributed by atoms with Gasteiger partial charge in [-0.1, -0.05) is 30.3 Å². The van der Waals surface area contributed by atoms with E-state index in [1.807, 2.05) is 30.3 Å². The first-order valence-electron chi connectivity index (χ1n) is 6.29. The van der Waals surface area contributed by atoms with Crippen molar-refractivity contribution in [3.05, 3.63) is 76.2 Å². The van der Waals surface area contributed by atoms with E-state index >= 15 is 0 Å². The number of aromatic nitrogens is 1. The first-order valence-corrected chi connectivity index (χ1v) is 6.29. The van der Waals surface area contributed by atoms with Crippen LogP contribution in [0.5, 0.6) is 0 Å². The second kappa shape index (κ2) is 5.28. The summed E-state index contributed by atoms with van der Waals surface area (Å²) in [6.07, 6.45) is 2.54. The fraction of sp³-hybridized carbons (Fsp3) is 0. The molecule has 21 heavy (non-hydrogen) atoms. The highest BCUT2D eigenvalue weighted by molar-refractivity contribution is 5.90. The zero-order valence-corrected chi connectivity index (χ0v) is 10.9. The minimum absolute atomic E-state index is 0.00106. The van der Waals surface area contributed by atoms with Crippen LogP contribution >= 0.6 is 0 Å². The van der Waals surface area contributed by atoms with Crippen molar-refractivity contribution in [1.29, 1.82) is 0 Å². The van der Waals surface area contributed by atoms with Crippen LogP contribution in [-0.4, -0.2) is 9.91 Å². The molecule has 1 N–H and O–H groups in total. The van der Waals surface area contributed by atoms with Gasteiger partial charge in [0, 0.05) is 23.7 Å². The van der Waals surface area contributed by atoms with E-state index in [-0.39, 0.29) is 11.4 Å². The molecular formula is C15H11N3O3. The molecule has 0 radical (unpaired) electrons. The van der Waals surface area contributed by atoms with Gasteiger partial charge >= 0.3 is 5.69 Å². The van der Waals surface area contributed by atoms with Gasteiger partial charge in [0.05, 0.1) is 11.1 Å². The Morgan fingerprint density at radius 2 is 1.76 bits per heavy atom. The van der Waals surface area contributed by atoms with Crippen LogP contribution in [0.3, 0.4) is 0 Å². The van der Waals surface area contributed by atoms with Gasteiger partial charge in [-0.15, -0.1) is 0 Å². The number of nitrogens with zero attached hydrogens (tertiary/aromatic N) is 2. The summed E-state index contributed by atoms with van der Waals surface area (Å²) in [5, 5.41) is 25.0. The summed E-state index contributed by atoms with van der Waals surface area (Å²) in [6.45, 7) is 0. The molecule has 1 aromatic heterocycles. The zero-order chi connectivity index (χ0) is 14.8. The quantitative estimate of drug-likeness (QED) is 0.590. The maximum absolute atomic E-state index is 12.6. The average molecular weight is 281 g/mol. The second-order valence-corrected chi connectivity index (χ2v) is 4.51. The molecule has 1 unspecified atom stereocenters. The molecule has 3 rings (SSSR count). The highest BCUT2D eigenvalue weighted by Crippen LogP contribution is 2.24. The number of nitrogens with one attached hydrogen (secondary N) is 1. The Hall–Kier alpha value is -2.83. The highest BCUT2D eigenvalue weighted by atomic mass is 16.6. The van der Waals surface area contributed by atoms with Crippen LogP contribution < -0.4 is 5.06 Å². The monoisotopic (exact) mass is 281 g/mol. The number of benzene rings is 2. The van der Waals surface area contributed by atoms with Crippen molar-refractivity contribution in [3.63, 3.8) is 0 Å². The lowest BCUT2D eigenvalue weighted by Crippen LogP contribution is -2.96. The Balaban J connectivity index is 2.18. The molecule has 6 nitrogen and oxygen atoms in total. The molecule has 0 saturated heterocycles. The van der Waals surface area contributed by atoms with Gasteiger partial charge in [0.1, 0.15) is 5.69 Å². The molecule has 0 fully saturated rings. The van der Waals surface area contributed by atoms with E-state index in [0.29, 0.717) is 5.69 Å². The summed E-state index contributed by atoms with van der Waals surface area (Å²) in [5.41, 5.74) is 0.200. The Bertz CT molecular complexity index is 815. The van der Waals surface area contributed by atoms with Gasteiger partial charge in [0.15, 0.2) is 0 Å². The molecule has 3 aromatic rings. The van der Waals surface area contributed by atoms with Gasteiger partial charge < -0.3 is 5.21 Å². The number of hydrogen-bond donors (Lipinski definition) is 1. The molecule has 0 aliphatic carbocycles. The molecule has 6 heteroatoms. The number of hydrogen-bond acceptors (Lipinski definition) is 4. The molecule has 0 aliphatic rings. The van der Waals surface area contributed by atoms with Crippen molar-refractivity contribution in [2.75, 3.05) is 0 Å². The van der Waals surface area contributed by atoms with Crippen LogP contribution in [0.4, 0.5) is 17.1 Å². The van der Waals surface area contributed by atoms with E-state index in [0.717, 1.165) is 10.8 Å². The molecule has 0 spiro atoms.